The Morgan fingerprint density at radius 1 is 1.21 bits per heavy atom. The van der Waals surface area contributed by atoms with Crippen LogP contribution in [0, 0.1) is 5.82 Å². The van der Waals surface area contributed by atoms with Crippen molar-refractivity contribution in [1.82, 2.24) is 9.55 Å². The van der Waals surface area contributed by atoms with Crippen molar-refractivity contribution in [2.24, 2.45) is 0 Å². The van der Waals surface area contributed by atoms with Crippen LogP contribution in [0.25, 0.3) is 0 Å². The van der Waals surface area contributed by atoms with Crippen molar-refractivity contribution >= 4 is 23.2 Å². The Kier molecular flexibility index (Phi) is 5.55. The largest absolute Gasteiger partial charge is 0.491 e. The standard InChI is InChI=1S/C20H17Cl2FN2O3/c21-14-1-6-18(19(22)9-14)20(12-25-8-7-24-13-25)27-11-17(28-20)10-26-16-4-2-15(23)3-5-16/h1-9,13,17H,10-12H2. The van der Waals surface area contributed by atoms with E-state index in [0.717, 1.165) is 0 Å². The fourth-order valence-electron chi connectivity index (χ4n) is 3.10. The molecule has 2 heterocycles. The van der Waals surface area contributed by atoms with Crippen molar-refractivity contribution in [1.29, 1.82) is 0 Å². The summed E-state index contributed by atoms with van der Waals surface area (Å²) < 4.78 is 33.0. The first kappa shape index (κ1) is 19.2. The average Bonchev–Trinajstić information content (AvgIpc) is 3.32. The zero-order chi connectivity index (χ0) is 19.6. The van der Waals surface area contributed by atoms with Crippen LogP contribution >= 0.6 is 23.2 Å². The van der Waals surface area contributed by atoms with Crippen LogP contribution in [0.4, 0.5) is 4.39 Å². The summed E-state index contributed by atoms with van der Waals surface area (Å²) in [7, 11) is 0. The van der Waals surface area contributed by atoms with Crippen molar-refractivity contribution in [3.63, 3.8) is 0 Å². The summed E-state index contributed by atoms with van der Waals surface area (Å²) >= 11 is 12.5. The van der Waals surface area contributed by atoms with Gasteiger partial charge in [0.1, 0.15) is 24.3 Å². The van der Waals surface area contributed by atoms with Crippen LogP contribution in [-0.4, -0.2) is 28.9 Å². The molecule has 0 bridgehead atoms. The third kappa shape index (κ3) is 4.15. The first-order valence-electron chi connectivity index (χ1n) is 8.65. The summed E-state index contributed by atoms with van der Waals surface area (Å²) in [6.45, 7) is 0.929. The molecule has 2 unspecified atom stereocenters. The maximum absolute atomic E-state index is 13.0. The molecule has 3 aromatic rings. The molecule has 4 rings (SSSR count). The summed E-state index contributed by atoms with van der Waals surface area (Å²) in [5.74, 6) is -0.856. The maximum Gasteiger partial charge on any atom is 0.215 e. The third-order valence-corrected chi connectivity index (χ3v) is 4.95. The molecular formula is C20H17Cl2FN2O3. The summed E-state index contributed by atoms with van der Waals surface area (Å²) in [5, 5.41) is 0.980. The van der Waals surface area contributed by atoms with Gasteiger partial charge in [-0.15, -0.1) is 0 Å². The number of halogens is 3. The molecule has 2 atom stereocenters. The van der Waals surface area contributed by atoms with E-state index < -0.39 is 5.79 Å². The Morgan fingerprint density at radius 2 is 2.04 bits per heavy atom. The first-order chi connectivity index (χ1) is 13.5. The quantitative estimate of drug-likeness (QED) is 0.578. The van der Waals surface area contributed by atoms with Gasteiger partial charge < -0.3 is 18.8 Å². The highest BCUT2D eigenvalue weighted by molar-refractivity contribution is 6.35. The average molecular weight is 423 g/mol. The Bertz CT molecular complexity index is 937. The zero-order valence-electron chi connectivity index (χ0n) is 14.7. The van der Waals surface area contributed by atoms with Gasteiger partial charge in [-0.3, -0.25) is 0 Å². The number of aromatic nitrogens is 2. The van der Waals surface area contributed by atoms with E-state index in [1.807, 2.05) is 10.8 Å². The summed E-state index contributed by atoms with van der Waals surface area (Å²) in [6, 6.07) is 11.0. The number of benzene rings is 2. The van der Waals surface area contributed by atoms with Crippen molar-refractivity contribution in [3.05, 3.63) is 82.6 Å². The van der Waals surface area contributed by atoms with Crippen molar-refractivity contribution in [2.45, 2.75) is 18.4 Å². The zero-order valence-corrected chi connectivity index (χ0v) is 16.2. The van der Waals surface area contributed by atoms with Crippen LogP contribution in [0.15, 0.2) is 61.2 Å². The Hall–Kier alpha value is -2.12. The molecule has 0 spiro atoms. The topological polar surface area (TPSA) is 45.5 Å². The number of ether oxygens (including phenoxy) is 3. The number of imidazole rings is 1. The molecule has 146 valence electrons. The monoisotopic (exact) mass is 422 g/mol. The predicted molar refractivity (Wildman–Crippen MR) is 103 cm³/mol. The number of hydrogen-bond acceptors (Lipinski definition) is 4. The van der Waals surface area contributed by atoms with Crippen LogP contribution < -0.4 is 4.74 Å². The summed E-state index contributed by atoms with van der Waals surface area (Å²) in [4.78, 5) is 4.07. The van der Waals surface area contributed by atoms with E-state index in [9.17, 15) is 4.39 Å². The van der Waals surface area contributed by atoms with E-state index >= 15 is 0 Å². The highest BCUT2D eigenvalue weighted by atomic mass is 35.5. The van der Waals surface area contributed by atoms with Gasteiger partial charge in [-0.2, -0.15) is 0 Å². The number of rotatable bonds is 6. The molecular weight excluding hydrogens is 406 g/mol. The van der Waals surface area contributed by atoms with Crippen molar-refractivity contribution in [2.75, 3.05) is 13.2 Å². The molecule has 0 amide bonds. The molecule has 0 radical (unpaired) electrons. The van der Waals surface area contributed by atoms with E-state index in [1.165, 1.54) is 12.1 Å². The molecule has 1 aliphatic heterocycles. The van der Waals surface area contributed by atoms with E-state index in [2.05, 4.69) is 4.98 Å². The fraction of sp³-hybridized carbons (Fsp3) is 0.250. The first-order valence-corrected chi connectivity index (χ1v) is 9.41. The molecule has 2 aromatic carbocycles. The van der Waals surface area contributed by atoms with Crippen LogP contribution in [0.1, 0.15) is 5.56 Å². The lowest BCUT2D eigenvalue weighted by Gasteiger charge is -2.30. The van der Waals surface area contributed by atoms with Gasteiger partial charge in [0.2, 0.25) is 5.79 Å². The highest BCUT2D eigenvalue weighted by Gasteiger charge is 2.45. The lowest BCUT2D eigenvalue weighted by molar-refractivity contribution is -0.189. The molecule has 0 N–H and O–H groups in total. The molecule has 0 aliphatic carbocycles. The van der Waals surface area contributed by atoms with Gasteiger partial charge in [-0.25, -0.2) is 9.37 Å². The van der Waals surface area contributed by atoms with Gasteiger partial charge >= 0.3 is 0 Å². The van der Waals surface area contributed by atoms with Gasteiger partial charge in [0.15, 0.2) is 0 Å². The smallest absolute Gasteiger partial charge is 0.215 e. The van der Waals surface area contributed by atoms with Crippen LogP contribution in [0.3, 0.4) is 0 Å². The van der Waals surface area contributed by atoms with Gasteiger partial charge in [-0.1, -0.05) is 29.3 Å². The van der Waals surface area contributed by atoms with Crippen LogP contribution in [0.5, 0.6) is 5.75 Å². The number of hydrogen-bond donors (Lipinski definition) is 0. The summed E-state index contributed by atoms with van der Waals surface area (Å²) in [5.41, 5.74) is 0.677. The predicted octanol–water partition coefficient (Wildman–Crippen LogP) is 4.68. The van der Waals surface area contributed by atoms with Crippen molar-refractivity contribution in [3.8, 4) is 5.75 Å². The number of nitrogens with zero attached hydrogens (tertiary/aromatic N) is 2. The van der Waals surface area contributed by atoms with Gasteiger partial charge in [0.05, 0.1) is 24.5 Å². The second-order valence-corrected chi connectivity index (χ2v) is 7.27. The Balaban J connectivity index is 1.54. The minimum absolute atomic E-state index is 0.252. The van der Waals surface area contributed by atoms with E-state index in [0.29, 0.717) is 34.5 Å². The SMILES string of the molecule is Fc1ccc(OCC2COC(Cn3ccnc3)(c3ccc(Cl)cc3Cl)O2)cc1. The molecule has 5 nitrogen and oxygen atoms in total. The van der Waals surface area contributed by atoms with Gasteiger partial charge in [0.25, 0.3) is 0 Å². The fourth-order valence-corrected chi connectivity index (χ4v) is 3.65. The molecule has 1 aromatic heterocycles. The Labute approximate surface area is 171 Å². The van der Waals surface area contributed by atoms with E-state index in [-0.39, 0.29) is 18.5 Å². The summed E-state index contributed by atoms with van der Waals surface area (Å²) in [6.07, 6.45) is 4.85. The Morgan fingerprint density at radius 3 is 2.75 bits per heavy atom. The second-order valence-electron chi connectivity index (χ2n) is 6.43. The van der Waals surface area contributed by atoms with Crippen LogP contribution in [0.2, 0.25) is 10.0 Å². The molecule has 28 heavy (non-hydrogen) atoms. The molecule has 1 aliphatic rings. The minimum atomic E-state index is -1.10. The van der Waals surface area contributed by atoms with Gasteiger partial charge in [-0.05, 0) is 36.4 Å². The van der Waals surface area contributed by atoms with Crippen molar-refractivity contribution < 1.29 is 18.6 Å². The van der Waals surface area contributed by atoms with E-state index in [1.54, 1.807) is 42.9 Å². The minimum Gasteiger partial charge on any atom is -0.491 e. The lowest BCUT2D eigenvalue weighted by Crippen LogP contribution is -2.34. The maximum atomic E-state index is 13.0. The molecule has 0 saturated carbocycles. The molecule has 8 heteroatoms. The van der Waals surface area contributed by atoms with E-state index in [4.69, 9.17) is 37.4 Å². The second kappa shape index (κ2) is 8.09. The van der Waals surface area contributed by atoms with Gasteiger partial charge in [0, 0.05) is 23.0 Å². The molecule has 1 saturated heterocycles. The lowest BCUT2D eigenvalue weighted by atomic mass is 10.1. The normalized spacial score (nSPS) is 21.8. The highest BCUT2D eigenvalue weighted by Crippen LogP contribution is 2.40. The third-order valence-electron chi connectivity index (χ3n) is 4.40. The molecule has 1 fully saturated rings. The van der Waals surface area contributed by atoms with Crippen LogP contribution in [-0.2, 0) is 21.8 Å².